The van der Waals surface area contributed by atoms with Gasteiger partial charge in [0.15, 0.2) is 5.78 Å². The van der Waals surface area contributed by atoms with Gasteiger partial charge < -0.3 is 0 Å². The minimum atomic E-state index is 0.329. The van der Waals surface area contributed by atoms with E-state index in [-0.39, 0.29) is 0 Å². The Morgan fingerprint density at radius 1 is 1.35 bits per heavy atom. The molecule has 3 aliphatic rings. The third-order valence-electron chi connectivity index (χ3n) is 6.27. The van der Waals surface area contributed by atoms with Crippen molar-refractivity contribution in [2.75, 3.05) is 0 Å². The van der Waals surface area contributed by atoms with Gasteiger partial charge in [-0.15, -0.1) is 0 Å². The zero-order valence-electron chi connectivity index (χ0n) is 11.6. The number of ketones is 1. The van der Waals surface area contributed by atoms with Crippen LogP contribution < -0.4 is 0 Å². The Kier molecular flexibility index (Phi) is 2.19. The van der Waals surface area contributed by atoms with Gasteiger partial charge in [-0.1, -0.05) is 25.8 Å². The molecule has 0 heterocycles. The minimum Gasteiger partial charge on any atom is -0.295 e. The summed E-state index contributed by atoms with van der Waals surface area (Å²) in [7, 11) is 0. The highest BCUT2D eigenvalue weighted by Gasteiger charge is 2.62. The van der Waals surface area contributed by atoms with Crippen LogP contribution in [0.25, 0.3) is 0 Å². The highest BCUT2D eigenvalue weighted by atomic mass is 16.1. The van der Waals surface area contributed by atoms with Crippen molar-refractivity contribution in [2.24, 2.45) is 22.7 Å². The molecular weight excluding hydrogens is 208 g/mol. The van der Waals surface area contributed by atoms with Gasteiger partial charge in [0.1, 0.15) is 0 Å². The number of hydrogen-bond donors (Lipinski definition) is 0. The Morgan fingerprint density at radius 3 is 2.71 bits per heavy atom. The van der Waals surface area contributed by atoms with E-state index in [1.165, 1.54) is 36.8 Å². The van der Waals surface area contributed by atoms with Crippen molar-refractivity contribution in [1.29, 1.82) is 0 Å². The molecule has 0 saturated heterocycles. The molecule has 3 unspecified atom stereocenters. The first-order valence-electron chi connectivity index (χ1n) is 7.09. The molecule has 2 fully saturated rings. The first-order chi connectivity index (χ1) is 7.88. The number of rotatable bonds is 1. The zero-order chi connectivity index (χ0) is 12.4. The van der Waals surface area contributed by atoms with Gasteiger partial charge in [-0.25, -0.2) is 0 Å². The van der Waals surface area contributed by atoms with Crippen molar-refractivity contribution < 1.29 is 4.79 Å². The fourth-order valence-electron chi connectivity index (χ4n) is 5.56. The second-order valence-corrected chi connectivity index (χ2v) is 7.28. The summed E-state index contributed by atoms with van der Waals surface area (Å²) < 4.78 is 0. The van der Waals surface area contributed by atoms with E-state index in [2.05, 4.69) is 20.8 Å². The summed E-state index contributed by atoms with van der Waals surface area (Å²) in [5, 5.41) is 0. The lowest BCUT2D eigenvalue weighted by Crippen LogP contribution is -2.27. The van der Waals surface area contributed by atoms with Crippen molar-refractivity contribution in [2.45, 2.75) is 59.8 Å². The maximum Gasteiger partial charge on any atom is 0.155 e. The molecule has 2 bridgehead atoms. The van der Waals surface area contributed by atoms with Crippen molar-refractivity contribution in [3.8, 4) is 0 Å². The number of fused-ring (bicyclic) bond motifs is 1. The maximum absolute atomic E-state index is 11.9. The van der Waals surface area contributed by atoms with Crippen LogP contribution in [0.2, 0.25) is 0 Å². The van der Waals surface area contributed by atoms with Gasteiger partial charge in [-0.05, 0) is 67.8 Å². The molecule has 17 heavy (non-hydrogen) atoms. The third kappa shape index (κ3) is 1.29. The molecule has 3 rings (SSSR count). The zero-order valence-corrected chi connectivity index (χ0v) is 11.6. The van der Waals surface area contributed by atoms with Crippen LogP contribution in [0.4, 0.5) is 0 Å². The summed E-state index contributed by atoms with van der Waals surface area (Å²) in [6.45, 7) is 8.87. The molecule has 2 saturated carbocycles. The Balaban J connectivity index is 2.12. The van der Waals surface area contributed by atoms with E-state index >= 15 is 0 Å². The Bertz CT molecular complexity index is 415. The number of carbonyl (C=O) groups excluding carboxylic acids is 1. The van der Waals surface area contributed by atoms with Crippen LogP contribution in [-0.2, 0) is 4.79 Å². The van der Waals surface area contributed by atoms with Crippen molar-refractivity contribution in [3.05, 3.63) is 11.1 Å². The Morgan fingerprint density at radius 2 is 2.06 bits per heavy atom. The molecule has 0 N–H and O–H groups in total. The molecule has 3 aliphatic carbocycles. The van der Waals surface area contributed by atoms with Crippen molar-refractivity contribution >= 4 is 5.78 Å². The van der Waals surface area contributed by atoms with Crippen molar-refractivity contribution in [1.82, 2.24) is 0 Å². The third-order valence-corrected chi connectivity index (χ3v) is 6.27. The summed E-state index contributed by atoms with van der Waals surface area (Å²) in [6, 6.07) is 0. The molecule has 0 aromatic rings. The second-order valence-electron chi connectivity index (χ2n) is 7.28. The lowest BCUT2D eigenvalue weighted by molar-refractivity contribution is -0.114. The molecule has 94 valence electrons. The first kappa shape index (κ1) is 11.5. The number of carbonyl (C=O) groups is 1. The number of Topliss-reactive ketones (excluding diaryl/α,β-unsaturated/α-hetero) is 1. The topological polar surface area (TPSA) is 17.1 Å². The fraction of sp³-hybridized carbons (Fsp3) is 0.812. The van der Waals surface area contributed by atoms with Gasteiger partial charge in [-0.3, -0.25) is 4.79 Å². The molecule has 3 atom stereocenters. The lowest BCUT2D eigenvalue weighted by Gasteiger charge is -2.34. The van der Waals surface area contributed by atoms with Crippen LogP contribution in [0.15, 0.2) is 11.1 Å². The summed E-state index contributed by atoms with van der Waals surface area (Å²) in [4.78, 5) is 11.9. The van der Waals surface area contributed by atoms with Gasteiger partial charge in [0.05, 0.1) is 0 Å². The summed E-state index contributed by atoms with van der Waals surface area (Å²) in [6.07, 6.45) is 6.57. The fourth-order valence-corrected chi connectivity index (χ4v) is 5.56. The second kappa shape index (κ2) is 3.24. The number of hydrogen-bond acceptors (Lipinski definition) is 1. The molecule has 0 amide bonds. The van der Waals surface area contributed by atoms with E-state index in [0.717, 1.165) is 12.3 Å². The molecule has 1 nitrogen and oxygen atoms in total. The van der Waals surface area contributed by atoms with Gasteiger partial charge in [-0.2, -0.15) is 0 Å². The normalized spacial score (nSPS) is 42.8. The Hall–Kier alpha value is -0.590. The largest absolute Gasteiger partial charge is 0.295 e. The highest BCUT2D eigenvalue weighted by Crippen LogP contribution is 2.70. The van der Waals surface area contributed by atoms with Crippen LogP contribution in [-0.4, -0.2) is 5.78 Å². The van der Waals surface area contributed by atoms with E-state index in [0.29, 0.717) is 22.5 Å². The molecule has 0 aromatic heterocycles. The van der Waals surface area contributed by atoms with Gasteiger partial charge in [0.2, 0.25) is 0 Å². The smallest absolute Gasteiger partial charge is 0.155 e. The van der Waals surface area contributed by atoms with Crippen LogP contribution in [0.5, 0.6) is 0 Å². The quantitative estimate of drug-likeness (QED) is 0.664. The highest BCUT2D eigenvalue weighted by molar-refractivity contribution is 5.94. The summed E-state index contributed by atoms with van der Waals surface area (Å²) >= 11 is 0. The van der Waals surface area contributed by atoms with Crippen molar-refractivity contribution in [3.63, 3.8) is 0 Å². The molecule has 0 aliphatic heterocycles. The van der Waals surface area contributed by atoms with Gasteiger partial charge >= 0.3 is 0 Å². The summed E-state index contributed by atoms with van der Waals surface area (Å²) in [5.41, 5.74) is 3.51. The lowest BCUT2D eigenvalue weighted by atomic mass is 9.70. The molecular formula is C16H24O. The minimum absolute atomic E-state index is 0.329. The Labute approximate surface area is 105 Å². The van der Waals surface area contributed by atoms with E-state index in [9.17, 15) is 4.79 Å². The molecule has 1 heteroatoms. The number of allylic oxidation sites excluding steroid dienone is 2. The monoisotopic (exact) mass is 232 g/mol. The first-order valence-corrected chi connectivity index (χ1v) is 7.09. The average molecular weight is 232 g/mol. The average Bonchev–Trinajstić information content (AvgIpc) is 2.71. The van der Waals surface area contributed by atoms with E-state index in [4.69, 9.17) is 0 Å². The van der Waals surface area contributed by atoms with Crippen LogP contribution in [0.1, 0.15) is 59.8 Å². The predicted octanol–water partition coefficient (Wildman–Crippen LogP) is 4.13. The van der Waals surface area contributed by atoms with E-state index < -0.39 is 0 Å². The van der Waals surface area contributed by atoms with Crippen LogP contribution >= 0.6 is 0 Å². The van der Waals surface area contributed by atoms with Crippen LogP contribution in [0.3, 0.4) is 0 Å². The van der Waals surface area contributed by atoms with E-state index in [1.54, 1.807) is 6.92 Å². The van der Waals surface area contributed by atoms with Crippen LogP contribution in [0, 0.1) is 22.7 Å². The van der Waals surface area contributed by atoms with E-state index in [1.807, 2.05) is 0 Å². The molecule has 0 radical (unpaired) electrons. The molecule has 0 aromatic carbocycles. The maximum atomic E-state index is 11.9. The summed E-state index contributed by atoms with van der Waals surface area (Å²) in [5.74, 6) is 1.85. The SMILES string of the molecule is CC(=O)C1=C(C)C2CC3(CCCC3C2(C)C)C1. The van der Waals surface area contributed by atoms with Gasteiger partial charge in [0.25, 0.3) is 0 Å². The van der Waals surface area contributed by atoms with Gasteiger partial charge in [0, 0.05) is 0 Å². The predicted molar refractivity (Wildman–Crippen MR) is 69.7 cm³/mol. The molecule has 1 spiro atoms. The standard InChI is InChI=1S/C16H24O/c1-10-12(11(2)17)8-16-7-5-6-14(16)15(3,4)13(10)9-16/h13-14H,5-9H2,1-4H3.